The van der Waals surface area contributed by atoms with Gasteiger partial charge in [-0.25, -0.2) is 4.68 Å². The van der Waals surface area contributed by atoms with Crippen molar-refractivity contribution >= 4 is 0 Å². The third-order valence-electron chi connectivity index (χ3n) is 5.27. The van der Waals surface area contributed by atoms with Crippen molar-refractivity contribution in [2.45, 2.75) is 32.4 Å². The van der Waals surface area contributed by atoms with Gasteiger partial charge in [-0.1, -0.05) is 42.5 Å². The van der Waals surface area contributed by atoms with Gasteiger partial charge in [0.1, 0.15) is 0 Å². The Kier molecular flexibility index (Phi) is 4.62. The van der Waals surface area contributed by atoms with E-state index in [4.69, 9.17) is 5.73 Å². The minimum absolute atomic E-state index is 0.200. The molecule has 0 radical (unpaired) electrons. The van der Waals surface area contributed by atoms with Gasteiger partial charge in [-0.3, -0.25) is 4.90 Å². The number of aromatic nitrogens is 2. The van der Waals surface area contributed by atoms with Crippen molar-refractivity contribution in [2.24, 2.45) is 5.73 Å². The van der Waals surface area contributed by atoms with Crippen molar-refractivity contribution in [3.05, 3.63) is 83.2 Å². The fraction of sp³-hybridized carbons (Fsp3) is 0.318. The van der Waals surface area contributed by atoms with Crippen molar-refractivity contribution in [1.29, 1.82) is 0 Å². The van der Waals surface area contributed by atoms with Gasteiger partial charge < -0.3 is 5.73 Å². The van der Waals surface area contributed by atoms with Crippen LogP contribution in [-0.2, 0) is 6.54 Å². The van der Waals surface area contributed by atoms with Gasteiger partial charge in [-0.15, -0.1) is 0 Å². The van der Waals surface area contributed by atoms with Crippen LogP contribution in [0.1, 0.15) is 28.4 Å². The molecule has 0 saturated carbocycles. The van der Waals surface area contributed by atoms with Crippen LogP contribution in [-0.4, -0.2) is 33.8 Å². The molecule has 2 heterocycles. The molecule has 1 aromatic heterocycles. The first-order valence-electron chi connectivity index (χ1n) is 9.25. The van der Waals surface area contributed by atoms with Gasteiger partial charge in [0, 0.05) is 37.3 Å². The standard InChI is InChI=1S/C22H26N4/c1-16-12-17(2)26(24-16)20-10-8-18(9-11-20)13-25-14-21(22(23)15-25)19-6-4-3-5-7-19/h3-12,21-22H,13-15,23H2,1-2H3/t21-,22+/m0/s1. The lowest BCUT2D eigenvalue weighted by atomic mass is 9.95. The summed E-state index contributed by atoms with van der Waals surface area (Å²) in [6.07, 6.45) is 0. The summed E-state index contributed by atoms with van der Waals surface area (Å²) >= 11 is 0. The van der Waals surface area contributed by atoms with Gasteiger partial charge in [0.05, 0.1) is 11.4 Å². The molecule has 26 heavy (non-hydrogen) atoms. The molecule has 0 unspecified atom stereocenters. The lowest BCUT2D eigenvalue weighted by molar-refractivity contribution is 0.324. The Morgan fingerprint density at radius 3 is 2.38 bits per heavy atom. The summed E-state index contributed by atoms with van der Waals surface area (Å²) in [7, 11) is 0. The van der Waals surface area contributed by atoms with E-state index in [1.807, 2.05) is 11.6 Å². The SMILES string of the molecule is Cc1cc(C)n(-c2ccc(CN3C[C@@H](N)[C@H](c4ccccc4)C3)cc2)n1. The summed E-state index contributed by atoms with van der Waals surface area (Å²) in [5.41, 5.74) is 12.4. The Morgan fingerprint density at radius 1 is 1.00 bits per heavy atom. The predicted molar refractivity (Wildman–Crippen MR) is 105 cm³/mol. The average Bonchev–Trinajstić information content (AvgIpc) is 3.18. The summed E-state index contributed by atoms with van der Waals surface area (Å²) in [6.45, 7) is 7.01. The van der Waals surface area contributed by atoms with Gasteiger partial charge in [0.2, 0.25) is 0 Å². The van der Waals surface area contributed by atoms with Crippen LogP contribution in [0.4, 0.5) is 0 Å². The number of rotatable bonds is 4. The second-order valence-electron chi connectivity index (χ2n) is 7.38. The molecule has 0 aliphatic carbocycles. The zero-order chi connectivity index (χ0) is 18.1. The maximum atomic E-state index is 6.42. The maximum Gasteiger partial charge on any atom is 0.0648 e. The third kappa shape index (κ3) is 3.43. The molecule has 2 atom stereocenters. The number of benzene rings is 2. The zero-order valence-electron chi connectivity index (χ0n) is 15.5. The van der Waals surface area contributed by atoms with E-state index in [9.17, 15) is 0 Å². The highest BCUT2D eigenvalue weighted by molar-refractivity contribution is 5.36. The Morgan fingerprint density at radius 2 is 1.73 bits per heavy atom. The first-order chi connectivity index (χ1) is 12.6. The van der Waals surface area contributed by atoms with Gasteiger partial charge in [0.15, 0.2) is 0 Å². The third-order valence-corrected chi connectivity index (χ3v) is 5.27. The normalized spacial score (nSPS) is 20.6. The zero-order valence-corrected chi connectivity index (χ0v) is 15.5. The monoisotopic (exact) mass is 346 g/mol. The van der Waals surface area contributed by atoms with Crippen LogP contribution in [0.25, 0.3) is 5.69 Å². The highest BCUT2D eigenvalue weighted by Crippen LogP contribution is 2.27. The fourth-order valence-corrected chi connectivity index (χ4v) is 3.99. The van der Waals surface area contributed by atoms with Gasteiger partial charge in [-0.05, 0) is 43.2 Å². The molecule has 2 N–H and O–H groups in total. The van der Waals surface area contributed by atoms with Crippen molar-refractivity contribution in [3.63, 3.8) is 0 Å². The molecule has 134 valence electrons. The van der Waals surface area contributed by atoms with Gasteiger partial charge >= 0.3 is 0 Å². The van der Waals surface area contributed by atoms with Crippen LogP contribution < -0.4 is 5.73 Å². The van der Waals surface area contributed by atoms with Crippen molar-refractivity contribution in [1.82, 2.24) is 14.7 Å². The van der Waals surface area contributed by atoms with E-state index in [2.05, 4.69) is 77.6 Å². The van der Waals surface area contributed by atoms with Crippen LogP contribution >= 0.6 is 0 Å². The number of aryl methyl sites for hydroxylation is 2. The van der Waals surface area contributed by atoms with E-state index < -0.39 is 0 Å². The second-order valence-corrected chi connectivity index (χ2v) is 7.38. The Balaban J connectivity index is 1.44. The van der Waals surface area contributed by atoms with Crippen molar-refractivity contribution < 1.29 is 0 Å². The molecular formula is C22H26N4. The van der Waals surface area contributed by atoms with Crippen molar-refractivity contribution in [3.8, 4) is 5.69 Å². The molecule has 1 fully saturated rings. The van der Waals surface area contributed by atoms with E-state index in [-0.39, 0.29) is 6.04 Å². The Labute approximate surface area is 155 Å². The number of likely N-dealkylation sites (tertiary alicyclic amines) is 1. The highest BCUT2D eigenvalue weighted by atomic mass is 15.3. The van der Waals surface area contributed by atoms with E-state index in [1.165, 1.54) is 11.1 Å². The minimum atomic E-state index is 0.200. The van der Waals surface area contributed by atoms with Crippen LogP contribution in [0.15, 0.2) is 60.7 Å². The molecule has 0 spiro atoms. The largest absolute Gasteiger partial charge is 0.326 e. The summed E-state index contributed by atoms with van der Waals surface area (Å²) < 4.78 is 2.00. The first-order valence-corrected chi connectivity index (χ1v) is 9.25. The number of nitrogens with zero attached hydrogens (tertiary/aromatic N) is 3. The number of nitrogens with two attached hydrogens (primary N) is 1. The molecule has 2 aromatic carbocycles. The smallest absolute Gasteiger partial charge is 0.0648 e. The second kappa shape index (κ2) is 7.06. The molecule has 1 aliphatic rings. The minimum Gasteiger partial charge on any atom is -0.326 e. The van der Waals surface area contributed by atoms with Crippen LogP contribution in [0.5, 0.6) is 0 Å². The predicted octanol–water partition coefficient (Wildman–Crippen LogP) is 3.42. The molecule has 0 bridgehead atoms. The molecule has 4 rings (SSSR count). The Bertz CT molecular complexity index is 867. The molecule has 1 saturated heterocycles. The van der Waals surface area contributed by atoms with E-state index in [0.29, 0.717) is 5.92 Å². The molecule has 1 aliphatic heterocycles. The van der Waals surface area contributed by atoms with Gasteiger partial charge in [0.25, 0.3) is 0 Å². The number of hydrogen-bond acceptors (Lipinski definition) is 3. The average molecular weight is 346 g/mol. The van der Waals surface area contributed by atoms with Gasteiger partial charge in [-0.2, -0.15) is 5.10 Å². The summed E-state index contributed by atoms with van der Waals surface area (Å²) in [4.78, 5) is 2.46. The molecular weight excluding hydrogens is 320 g/mol. The Hall–Kier alpha value is -2.43. The summed E-state index contributed by atoms with van der Waals surface area (Å²) in [5, 5.41) is 4.56. The molecule has 3 aromatic rings. The topological polar surface area (TPSA) is 47.1 Å². The molecule has 0 amide bonds. The molecule has 4 nitrogen and oxygen atoms in total. The van der Waals surface area contributed by atoms with Crippen LogP contribution in [0.2, 0.25) is 0 Å². The quantitative estimate of drug-likeness (QED) is 0.787. The number of hydrogen-bond donors (Lipinski definition) is 1. The van der Waals surface area contributed by atoms with Crippen LogP contribution in [0.3, 0.4) is 0 Å². The van der Waals surface area contributed by atoms with Crippen molar-refractivity contribution in [2.75, 3.05) is 13.1 Å². The highest BCUT2D eigenvalue weighted by Gasteiger charge is 2.30. The summed E-state index contributed by atoms with van der Waals surface area (Å²) in [6, 6.07) is 21.7. The first kappa shape index (κ1) is 17.0. The lowest BCUT2D eigenvalue weighted by Gasteiger charge is -2.16. The van der Waals surface area contributed by atoms with E-state index in [0.717, 1.165) is 36.7 Å². The van der Waals surface area contributed by atoms with E-state index in [1.54, 1.807) is 0 Å². The molecule has 4 heteroatoms. The van der Waals surface area contributed by atoms with Crippen LogP contribution in [0, 0.1) is 13.8 Å². The lowest BCUT2D eigenvalue weighted by Crippen LogP contribution is -2.28. The van der Waals surface area contributed by atoms with E-state index >= 15 is 0 Å². The summed E-state index contributed by atoms with van der Waals surface area (Å²) in [5.74, 6) is 0.421. The fourth-order valence-electron chi connectivity index (χ4n) is 3.99. The maximum absolute atomic E-state index is 6.42.